The summed E-state index contributed by atoms with van der Waals surface area (Å²) in [5.74, 6) is -0.0504. The summed E-state index contributed by atoms with van der Waals surface area (Å²) in [6.45, 7) is 15.4. The van der Waals surface area contributed by atoms with Crippen LogP contribution in [-0.4, -0.2) is 17.2 Å². The molecular weight excluding hydrogens is 284 g/mol. The summed E-state index contributed by atoms with van der Waals surface area (Å²) in [5, 5.41) is 0. The van der Waals surface area contributed by atoms with Gasteiger partial charge in [0.15, 0.2) is 5.78 Å². The first-order valence-corrected chi connectivity index (χ1v) is 8.85. The molecule has 1 aliphatic rings. The molecule has 3 nitrogen and oxygen atoms in total. The number of fused-ring (bicyclic) bond motifs is 1. The van der Waals surface area contributed by atoms with E-state index in [0.29, 0.717) is 5.70 Å². The standard InChI is InChI=1S/C16H22N2O.2C2H6/c1-4-13-5-6-14-7-8-18(10-15(14)9-13)11(2)16(17)12(3)19;2*1-2/h5-6,9H,4,7-8,10,17H2,1-3H3;2*1-2H3/b16-11-;;. The van der Waals surface area contributed by atoms with E-state index in [1.54, 1.807) is 0 Å². The third-order valence-electron chi connectivity index (χ3n) is 3.93. The van der Waals surface area contributed by atoms with E-state index in [1.165, 1.54) is 23.6 Å². The molecular formula is C20H34N2O. The first-order chi connectivity index (χ1) is 11.0. The van der Waals surface area contributed by atoms with Gasteiger partial charge in [0.05, 0.1) is 5.70 Å². The second kappa shape index (κ2) is 10.9. The Bertz CT molecular complexity index is 532. The lowest BCUT2D eigenvalue weighted by molar-refractivity contribution is -0.113. The zero-order valence-electron chi connectivity index (χ0n) is 16.0. The number of aryl methyl sites for hydroxylation is 1. The number of ketones is 1. The Morgan fingerprint density at radius 3 is 2.26 bits per heavy atom. The zero-order chi connectivity index (χ0) is 18.0. The second-order valence-electron chi connectivity index (χ2n) is 5.18. The van der Waals surface area contributed by atoms with Crippen molar-refractivity contribution in [1.29, 1.82) is 0 Å². The maximum atomic E-state index is 11.4. The molecule has 3 heteroatoms. The minimum Gasteiger partial charge on any atom is -0.394 e. The van der Waals surface area contributed by atoms with Crippen LogP contribution in [-0.2, 0) is 24.2 Å². The summed E-state index contributed by atoms with van der Waals surface area (Å²) in [5.41, 5.74) is 11.3. The summed E-state index contributed by atoms with van der Waals surface area (Å²) in [6, 6.07) is 6.72. The zero-order valence-corrected chi connectivity index (χ0v) is 16.0. The molecule has 1 aromatic rings. The van der Waals surface area contributed by atoms with E-state index in [4.69, 9.17) is 5.73 Å². The third kappa shape index (κ3) is 5.74. The van der Waals surface area contributed by atoms with Gasteiger partial charge in [-0.05, 0) is 36.5 Å². The summed E-state index contributed by atoms with van der Waals surface area (Å²) in [4.78, 5) is 13.6. The van der Waals surface area contributed by atoms with E-state index in [-0.39, 0.29) is 5.78 Å². The van der Waals surface area contributed by atoms with Gasteiger partial charge in [-0.3, -0.25) is 4.79 Å². The molecule has 0 aromatic heterocycles. The molecule has 0 saturated heterocycles. The average molecular weight is 319 g/mol. The van der Waals surface area contributed by atoms with Gasteiger partial charge in [0.1, 0.15) is 0 Å². The molecule has 0 saturated carbocycles. The lowest BCUT2D eigenvalue weighted by atomic mass is 9.96. The summed E-state index contributed by atoms with van der Waals surface area (Å²) in [7, 11) is 0. The SMILES string of the molecule is CC.CC.CCc1ccc2c(c1)CN(/C(C)=C(\N)C(C)=O)CC2. The molecule has 2 rings (SSSR count). The molecule has 0 unspecified atom stereocenters. The Morgan fingerprint density at radius 2 is 1.74 bits per heavy atom. The minimum atomic E-state index is -0.0504. The molecule has 0 spiro atoms. The number of hydrogen-bond donors (Lipinski definition) is 1. The number of allylic oxidation sites excluding steroid dienone is 2. The molecule has 1 aliphatic heterocycles. The van der Waals surface area contributed by atoms with E-state index in [1.807, 2.05) is 34.6 Å². The van der Waals surface area contributed by atoms with Gasteiger partial charge in [-0.25, -0.2) is 0 Å². The molecule has 1 aromatic carbocycles. The third-order valence-corrected chi connectivity index (χ3v) is 3.93. The molecule has 1 heterocycles. The molecule has 0 amide bonds. The Balaban J connectivity index is 0.00000112. The van der Waals surface area contributed by atoms with Crippen molar-refractivity contribution < 1.29 is 4.79 Å². The van der Waals surface area contributed by atoms with Crippen molar-refractivity contribution >= 4 is 5.78 Å². The predicted octanol–water partition coefficient (Wildman–Crippen LogP) is 4.44. The largest absolute Gasteiger partial charge is 0.394 e. The topological polar surface area (TPSA) is 46.3 Å². The molecule has 0 atom stereocenters. The number of Topliss-reactive ketones (excluding diaryl/α,β-unsaturated/α-hetero) is 1. The Morgan fingerprint density at radius 1 is 1.13 bits per heavy atom. The highest BCUT2D eigenvalue weighted by molar-refractivity contribution is 5.92. The van der Waals surface area contributed by atoms with Crippen molar-refractivity contribution in [2.45, 2.75) is 67.9 Å². The Kier molecular flexibility index (Phi) is 10.0. The van der Waals surface area contributed by atoms with Crippen molar-refractivity contribution in [2.24, 2.45) is 5.73 Å². The Labute approximate surface area is 142 Å². The van der Waals surface area contributed by atoms with Gasteiger partial charge in [0.2, 0.25) is 0 Å². The summed E-state index contributed by atoms with van der Waals surface area (Å²) < 4.78 is 0. The molecule has 23 heavy (non-hydrogen) atoms. The molecule has 0 fully saturated rings. The lowest BCUT2D eigenvalue weighted by Crippen LogP contribution is -2.31. The summed E-state index contributed by atoms with van der Waals surface area (Å²) >= 11 is 0. The first-order valence-electron chi connectivity index (χ1n) is 8.85. The quantitative estimate of drug-likeness (QED) is 0.838. The van der Waals surface area contributed by atoms with Gasteiger partial charge in [-0.1, -0.05) is 52.8 Å². The van der Waals surface area contributed by atoms with E-state index in [9.17, 15) is 4.79 Å². The number of carbonyl (C=O) groups excluding carboxylic acids is 1. The van der Waals surface area contributed by atoms with Crippen LogP contribution in [0.4, 0.5) is 0 Å². The van der Waals surface area contributed by atoms with Crippen molar-refractivity contribution in [3.63, 3.8) is 0 Å². The van der Waals surface area contributed by atoms with E-state index < -0.39 is 0 Å². The molecule has 2 N–H and O–H groups in total. The van der Waals surface area contributed by atoms with Crippen LogP contribution in [0.3, 0.4) is 0 Å². The van der Waals surface area contributed by atoms with Crippen LogP contribution in [0.15, 0.2) is 29.6 Å². The van der Waals surface area contributed by atoms with Gasteiger partial charge in [0.25, 0.3) is 0 Å². The van der Waals surface area contributed by atoms with E-state index in [0.717, 1.165) is 31.6 Å². The normalized spacial score (nSPS) is 13.6. The molecule has 0 bridgehead atoms. The smallest absolute Gasteiger partial charge is 0.177 e. The Hall–Kier alpha value is -1.77. The van der Waals surface area contributed by atoms with Gasteiger partial charge >= 0.3 is 0 Å². The van der Waals surface area contributed by atoms with Crippen molar-refractivity contribution in [1.82, 2.24) is 4.90 Å². The van der Waals surface area contributed by atoms with E-state index in [2.05, 4.69) is 30.0 Å². The van der Waals surface area contributed by atoms with Crippen LogP contribution < -0.4 is 5.73 Å². The fraction of sp³-hybridized carbons (Fsp3) is 0.550. The van der Waals surface area contributed by atoms with Crippen LogP contribution >= 0.6 is 0 Å². The van der Waals surface area contributed by atoms with Gasteiger partial charge in [-0.15, -0.1) is 0 Å². The van der Waals surface area contributed by atoms with Crippen molar-refractivity contribution in [3.8, 4) is 0 Å². The number of rotatable bonds is 3. The average Bonchev–Trinajstić information content (AvgIpc) is 2.62. The molecule has 0 radical (unpaired) electrons. The number of hydrogen-bond acceptors (Lipinski definition) is 3. The van der Waals surface area contributed by atoms with Gasteiger partial charge in [0, 0.05) is 25.7 Å². The molecule has 130 valence electrons. The number of nitrogens with two attached hydrogens (primary N) is 1. The van der Waals surface area contributed by atoms with Crippen molar-refractivity contribution in [2.75, 3.05) is 6.54 Å². The number of carbonyl (C=O) groups is 1. The van der Waals surface area contributed by atoms with Crippen LogP contribution in [0.1, 0.15) is 65.2 Å². The lowest BCUT2D eigenvalue weighted by Gasteiger charge is -2.32. The number of benzene rings is 1. The molecule has 0 aliphatic carbocycles. The highest BCUT2D eigenvalue weighted by Crippen LogP contribution is 2.23. The minimum absolute atomic E-state index is 0.0504. The highest BCUT2D eigenvalue weighted by atomic mass is 16.1. The highest BCUT2D eigenvalue weighted by Gasteiger charge is 2.18. The van der Waals surface area contributed by atoms with Crippen molar-refractivity contribution in [3.05, 3.63) is 46.3 Å². The maximum absolute atomic E-state index is 11.4. The maximum Gasteiger partial charge on any atom is 0.177 e. The predicted molar refractivity (Wildman–Crippen MR) is 100 cm³/mol. The van der Waals surface area contributed by atoms with Crippen LogP contribution in [0.25, 0.3) is 0 Å². The second-order valence-corrected chi connectivity index (χ2v) is 5.18. The van der Waals surface area contributed by atoms with Gasteiger partial charge in [-0.2, -0.15) is 0 Å². The number of nitrogens with zero attached hydrogens (tertiary/aromatic N) is 1. The summed E-state index contributed by atoms with van der Waals surface area (Å²) in [6.07, 6.45) is 2.07. The van der Waals surface area contributed by atoms with Crippen LogP contribution in [0.5, 0.6) is 0 Å². The fourth-order valence-corrected chi connectivity index (χ4v) is 2.54. The first kappa shape index (κ1) is 21.2. The van der Waals surface area contributed by atoms with E-state index >= 15 is 0 Å². The van der Waals surface area contributed by atoms with Crippen LogP contribution in [0.2, 0.25) is 0 Å². The fourth-order valence-electron chi connectivity index (χ4n) is 2.54. The van der Waals surface area contributed by atoms with Gasteiger partial charge < -0.3 is 10.6 Å². The monoisotopic (exact) mass is 318 g/mol. The van der Waals surface area contributed by atoms with Crippen LogP contribution in [0, 0.1) is 0 Å².